The molecule has 2 N–H and O–H groups in total. The van der Waals surface area contributed by atoms with Gasteiger partial charge in [0, 0.05) is 11.6 Å². The van der Waals surface area contributed by atoms with Crippen molar-refractivity contribution in [1.82, 2.24) is 10.2 Å². The summed E-state index contributed by atoms with van der Waals surface area (Å²) in [5, 5.41) is 9.30. The first-order valence-electron chi connectivity index (χ1n) is 7.23. The molecule has 1 aliphatic rings. The Morgan fingerprint density at radius 1 is 1.10 bits per heavy atom. The summed E-state index contributed by atoms with van der Waals surface area (Å²) in [5.74, 6) is 1.18. The highest BCUT2D eigenvalue weighted by molar-refractivity contribution is 6.03. The second-order valence-corrected chi connectivity index (χ2v) is 5.38. The SMILES string of the molecule is O=C(Nc1ccn[nH]1)c1ccc(C2CCCCC2)cc1. The van der Waals surface area contributed by atoms with Crippen LogP contribution in [0.15, 0.2) is 36.5 Å². The van der Waals surface area contributed by atoms with Gasteiger partial charge in [0.05, 0.1) is 6.20 Å². The molecule has 0 radical (unpaired) electrons. The van der Waals surface area contributed by atoms with Crippen LogP contribution in [0.3, 0.4) is 0 Å². The van der Waals surface area contributed by atoms with Crippen molar-refractivity contribution in [3.8, 4) is 0 Å². The normalized spacial score (nSPS) is 16.0. The fourth-order valence-electron chi connectivity index (χ4n) is 2.86. The van der Waals surface area contributed by atoms with E-state index < -0.39 is 0 Å². The molecule has 4 heteroatoms. The molecule has 2 aromatic rings. The lowest BCUT2D eigenvalue weighted by Crippen LogP contribution is -2.12. The second-order valence-electron chi connectivity index (χ2n) is 5.38. The van der Waals surface area contributed by atoms with Crippen LogP contribution in [-0.4, -0.2) is 16.1 Å². The Kier molecular flexibility index (Phi) is 3.81. The number of H-pyrrole nitrogens is 1. The van der Waals surface area contributed by atoms with Gasteiger partial charge >= 0.3 is 0 Å². The summed E-state index contributed by atoms with van der Waals surface area (Å²) in [6, 6.07) is 9.75. The van der Waals surface area contributed by atoms with Crippen molar-refractivity contribution in [1.29, 1.82) is 0 Å². The van der Waals surface area contributed by atoms with E-state index in [1.165, 1.54) is 37.7 Å². The molecule has 0 atom stereocenters. The van der Waals surface area contributed by atoms with Gasteiger partial charge in [-0.05, 0) is 36.5 Å². The number of carbonyl (C=O) groups is 1. The molecule has 1 aromatic carbocycles. The van der Waals surface area contributed by atoms with Crippen LogP contribution in [0.5, 0.6) is 0 Å². The lowest BCUT2D eigenvalue weighted by atomic mass is 9.84. The number of anilines is 1. The van der Waals surface area contributed by atoms with Gasteiger partial charge in [-0.2, -0.15) is 5.10 Å². The zero-order valence-electron chi connectivity index (χ0n) is 11.4. The Morgan fingerprint density at radius 3 is 2.50 bits per heavy atom. The Labute approximate surface area is 118 Å². The van der Waals surface area contributed by atoms with E-state index in [2.05, 4.69) is 27.6 Å². The molecule has 1 fully saturated rings. The van der Waals surface area contributed by atoms with Crippen LogP contribution in [0, 0.1) is 0 Å². The zero-order valence-corrected chi connectivity index (χ0v) is 11.4. The first kappa shape index (κ1) is 12.9. The van der Waals surface area contributed by atoms with Gasteiger partial charge in [0.25, 0.3) is 5.91 Å². The van der Waals surface area contributed by atoms with Crippen LogP contribution >= 0.6 is 0 Å². The number of hydrogen-bond donors (Lipinski definition) is 2. The molecule has 0 saturated heterocycles. The number of nitrogens with zero attached hydrogens (tertiary/aromatic N) is 1. The van der Waals surface area contributed by atoms with Crippen molar-refractivity contribution in [3.05, 3.63) is 47.7 Å². The first-order valence-corrected chi connectivity index (χ1v) is 7.23. The number of benzene rings is 1. The van der Waals surface area contributed by atoms with Crippen molar-refractivity contribution in [3.63, 3.8) is 0 Å². The Balaban J connectivity index is 1.67. The quantitative estimate of drug-likeness (QED) is 0.892. The Bertz CT molecular complexity index is 554. The average molecular weight is 269 g/mol. The van der Waals surface area contributed by atoms with Crippen LogP contribution < -0.4 is 5.32 Å². The van der Waals surface area contributed by atoms with E-state index in [1.807, 2.05) is 12.1 Å². The Hall–Kier alpha value is -2.10. The number of hydrogen-bond acceptors (Lipinski definition) is 2. The highest BCUT2D eigenvalue weighted by atomic mass is 16.1. The van der Waals surface area contributed by atoms with E-state index in [1.54, 1.807) is 12.3 Å². The summed E-state index contributed by atoms with van der Waals surface area (Å²) in [6.07, 6.45) is 8.18. The minimum Gasteiger partial charge on any atom is -0.307 e. The molecule has 1 heterocycles. The van der Waals surface area contributed by atoms with E-state index in [0.717, 1.165) is 0 Å². The Morgan fingerprint density at radius 2 is 1.85 bits per heavy atom. The molecular weight excluding hydrogens is 250 g/mol. The van der Waals surface area contributed by atoms with Crippen molar-refractivity contribution in [2.45, 2.75) is 38.0 Å². The van der Waals surface area contributed by atoms with Crippen LogP contribution in [0.2, 0.25) is 0 Å². The van der Waals surface area contributed by atoms with Gasteiger partial charge in [-0.1, -0.05) is 31.4 Å². The molecule has 1 saturated carbocycles. The minimum atomic E-state index is -0.107. The fraction of sp³-hybridized carbons (Fsp3) is 0.375. The van der Waals surface area contributed by atoms with E-state index in [0.29, 0.717) is 17.3 Å². The minimum absolute atomic E-state index is 0.107. The lowest BCUT2D eigenvalue weighted by Gasteiger charge is -2.22. The fourth-order valence-corrected chi connectivity index (χ4v) is 2.86. The van der Waals surface area contributed by atoms with Gasteiger partial charge < -0.3 is 5.32 Å². The summed E-state index contributed by atoms with van der Waals surface area (Å²) in [4.78, 5) is 12.0. The van der Waals surface area contributed by atoms with Gasteiger partial charge in [-0.15, -0.1) is 0 Å². The summed E-state index contributed by atoms with van der Waals surface area (Å²) in [6.45, 7) is 0. The highest BCUT2D eigenvalue weighted by Gasteiger charge is 2.15. The van der Waals surface area contributed by atoms with E-state index in [9.17, 15) is 4.79 Å². The second kappa shape index (κ2) is 5.90. The largest absolute Gasteiger partial charge is 0.307 e. The van der Waals surface area contributed by atoms with Crippen LogP contribution in [0.25, 0.3) is 0 Å². The van der Waals surface area contributed by atoms with Gasteiger partial charge in [-0.25, -0.2) is 0 Å². The van der Waals surface area contributed by atoms with Gasteiger partial charge in [0.2, 0.25) is 0 Å². The molecule has 0 bridgehead atoms. The predicted molar refractivity (Wildman–Crippen MR) is 78.8 cm³/mol. The third kappa shape index (κ3) is 2.90. The van der Waals surface area contributed by atoms with Crippen molar-refractivity contribution >= 4 is 11.7 Å². The number of amides is 1. The molecule has 20 heavy (non-hydrogen) atoms. The molecule has 0 unspecified atom stereocenters. The summed E-state index contributed by atoms with van der Waals surface area (Å²) >= 11 is 0. The first-order chi connectivity index (χ1) is 9.83. The van der Waals surface area contributed by atoms with E-state index in [-0.39, 0.29) is 5.91 Å². The van der Waals surface area contributed by atoms with Crippen LogP contribution in [-0.2, 0) is 0 Å². The van der Waals surface area contributed by atoms with Crippen molar-refractivity contribution < 1.29 is 4.79 Å². The molecule has 3 rings (SSSR count). The molecule has 104 valence electrons. The summed E-state index contributed by atoms with van der Waals surface area (Å²) in [7, 11) is 0. The average Bonchev–Trinajstić information content (AvgIpc) is 3.01. The van der Waals surface area contributed by atoms with Gasteiger partial charge in [0.1, 0.15) is 5.82 Å². The third-order valence-electron chi connectivity index (χ3n) is 4.00. The molecule has 4 nitrogen and oxygen atoms in total. The maximum Gasteiger partial charge on any atom is 0.256 e. The monoisotopic (exact) mass is 269 g/mol. The standard InChI is InChI=1S/C16H19N3O/c20-16(18-15-10-11-17-19-15)14-8-6-13(7-9-14)12-4-2-1-3-5-12/h6-12H,1-5H2,(H2,17,18,19,20). The molecule has 0 spiro atoms. The number of carbonyl (C=O) groups excluding carboxylic acids is 1. The lowest BCUT2D eigenvalue weighted by molar-refractivity contribution is 0.102. The van der Waals surface area contributed by atoms with Gasteiger partial charge in [-0.3, -0.25) is 9.89 Å². The number of nitrogens with one attached hydrogen (secondary N) is 2. The number of aromatic amines is 1. The number of rotatable bonds is 3. The van der Waals surface area contributed by atoms with Crippen molar-refractivity contribution in [2.24, 2.45) is 0 Å². The molecule has 1 amide bonds. The molecular formula is C16H19N3O. The molecule has 0 aliphatic heterocycles. The zero-order chi connectivity index (χ0) is 13.8. The van der Waals surface area contributed by atoms with E-state index >= 15 is 0 Å². The molecule has 1 aromatic heterocycles. The maximum absolute atomic E-state index is 12.0. The van der Waals surface area contributed by atoms with Crippen molar-refractivity contribution in [2.75, 3.05) is 5.32 Å². The summed E-state index contributed by atoms with van der Waals surface area (Å²) in [5.41, 5.74) is 2.04. The molecule has 1 aliphatic carbocycles. The smallest absolute Gasteiger partial charge is 0.256 e. The third-order valence-corrected chi connectivity index (χ3v) is 4.00. The highest BCUT2D eigenvalue weighted by Crippen LogP contribution is 2.32. The number of aromatic nitrogens is 2. The van der Waals surface area contributed by atoms with Crippen LogP contribution in [0.4, 0.5) is 5.82 Å². The van der Waals surface area contributed by atoms with E-state index in [4.69, 9.17) is 0 Å². The topological polar surface area (TPSA) is 57.8 Å². The maximum atomic E-state index is 12.0. The summed E-state index contributed by atoms with van der Waals surface area (Å²) < 4.78 is 0. The van der Waals surface area contributed by atoms with Gasteiger partial charge in [0.15, 0.2) is 0 Å². The van der Waals surface area contributed by atoms with Crippen LogP contribution in [0.1, 0.15) is 53.9 Å². The predicted octanol–water partition coefficient (Wildman–Crippen LogP) is 3.71.